The fraction of sp³-hybridized carbons (Fsp3) is 0.500. The van der Waals surface area contributed by atoms with E-state index >= 15 is 0 Å². The zero-order valence-electron chi connectivity index (χ0n) is 20.0. The van der Waals surface area contributed by atoms with Crippen LogP contribution in [0.4, 0.5) is 0 Å². The van der Waals surface area contributed by atoms with E-state index < -0.39 is 10.0 Å². The van der Waals surface area contributed by atoms with Gasteiger partial charge in [0.15, 0.2) is 0 Å². The number of rotatable bonds is 8. The molecule has 4 rings (SSSR count). The summed E-state index contributed by atoms with van der Waals surface area (Å²) in [5.74, 6) is 1.35. The largest absolute Gasteiger partial charge is 0.495 e. The van der Waals surface area contributed by atoms with Crippen molar-refractivity contribution in [2.45, 2.75) is 43.9 Å². The summed E-state index contributed by atoms with van der Waals surface area (Å²) < 4.78 is 39.4. The number of benzene rings is 2. The van der Waals surface area contributed by atoms with E-state index in [-0.39, 0.29) is 16.2 Å². The normalized spacial score (nSPS) is 18.2. The third-order valence-corrected chi connectivity index (χ3v) is 8.93. The van der Waals surface area contributed by atoms with Gasteiger partial charge in [0, 0.05) is 32.6 Å². The van der Waals surface area contributed by atoms with E-state index in [4.69, 9.17) is 9.47 Å². The number of hydrogen-bond acceptors (Lipinski definition) is 5. The standard InChI is InChI=1S/C26H34N2O5S/c1-21-10-11-23(32-2)24(19-21)34(30,31)28-17-14-26(20-28)12-15-27(16-13-26)25(29)9-6-18-33-22-7-4-3-5-8-22/h3-5,7-8,10-11,19H,6,9,12-18,20H2,1-2H3. The number of amides is 1. The van der Waals surface area contributed by atoms with E-state index in [0.717, 1.165) is 30.6 Å². The summed E-state index contributed by atoms with van der Waals surface area (Å²) in [7, 11) is -2.14. The van der Waals surface area contributed by atoms with Crippen molar-refractivity contribution in [3.63, 3.8) is 0 Å². The first-order valence-electron chi connectivity index (χ1n) is 11.9. The molecule has 0 aromatic heterocycles. The number of ether oxygens (including phenoxy) is 2. The van der Waals surface area contributed by atoms with Crippen molar-refractivity contribution in [1.82, 2.24) is 9.21 Å². The fourth-order valence-electron chi connectivity index (χ4n) is 4.95. The average Bonchev–Trinajstić information content (AvgIpc) is 3.27. The number of para-hydroxylation sites is 1. The summed E-state index contributed by atoms with van der Waals surface area (Å²) in [6, 6.07) is 14.9. The average molecular weight is 487 g/mol. The second-order valence-electron chi connectivity index (χ2n) is 9.39. The van der Waals surface area contributed by atoms with Gasteiger partial charge < -0.3 is 14.4 Å². The van der Waals surface area contributed by atoms with Crippen LogP contribution < -0.4 is 9.47 Å². The predicted octanol–water partition coefficient (Wildman–Crippen LogP) is 3.87. The van der Waals surface area contributed by atoms with Crippen LogP contribution in [0.25, 0.3) is 0 Å². The lowest BCUT2D eigenvalue weighted by atomic mass is 9.78. The smallest absolute Gasteiger partial charge is 0.246 e. The summed E-state index contributed by atoms with van der Waals surface area (Å²) in [6.45, 7) is 4.76. The van der Waals surface area contributed by atoms with Crippen LogP contribution in [0, 0.1) is 12.3 Å². The molecule has 2 aliphatic heterocycles. The number of likely N-dealkylation sites (tertiary alicyclic amines) is 1. The second kappa shape index (κ2) is 10.4. The summed E-state index contributed by atoms with van der Waals surface area (Å²) in [5.41, 5.74) is 0.825. The van der Waals surface area contributed by atoms with E-state index in [2.05, 4.69) is 0 Å². The van der Waals surface area contributed by atoms with Crippen molar-refractivity contribution >= 4 is 15.9 Å². The lowest BCUT2D eigenvalue weighted by Crippen LogP contribution is -2.44. The van der Waals surface area contributed by atoms with Crippen molar-refractivity contribution in [3.05, 3.63) is 54.1 Å². The molecule has 0 atom stereocenters. The van der Waals surface area contributed by atoms with Gasteiger partial charge in [-0.2, -0.15) is 4.31 Å². The second-order valence-corrected chi connectivity index (χ2v) is 11.3. The van der Waals surface area contributed by atoms with Gasteiger partial charge in [-0.15, -0.1) is 0 Å². The van der Waals surface area contributed by atoms with Crippen LogP contribution >= 0.6 is 0 Å². The van der Waals surface area contributed by atoms with Gasteiger partial charge in [-0.3, -0.25) is 4.79 Å². The third kappa shape index (κ3) is 5.39. The Bertz CT molecular complexity index is 1100. The molecule has 2 aromatic rings. The highest BCUT2D eigenvalue weighted by molar-refractivity contribution is 7.89. The molecule has 184 valence electrons. The first kappa shape index (κ1) is 24.5. The summed E-state index contributed by atoms with van der Waals surface area (Å²) in [5, 5.41) is 0. The molecule has 2 heterocycles. The van der Waals surface area contributed by atoms with Gasteiger partial charge in [0.2, 0.25) is 15.9 Å². The molecule has 2 saturated heterocycles. The molecule has 0 N–H and O–H groups in total. The van der Waals surface area contributed by atoms with Crippen LogP contribution in [0.2, 0.25) is 0 Å². The number of nitrogens with zero attached hydrogens (tertiary/aromatic N) is 2. The maximum absolute atomic E-state index is 13.4. The maximum atomic E-state index is 13.4. The van der Waals surface area contributed by atoms with Crippen molar-refractivity contribution in [3.8, 4) is 11.5 Å². The van der Waals surface area contributed by atoms with Crippen molar-refractivity contribution in [2.24, 2.45) is 5.41 Å². The first-order valence-corrected chi connectivity index (χ1v) is 13.4. The molecule has 7 nitrogen and oxygen atoms in total. The van der Waals surface area contributed by atoms with Crippen molar-refractivity contribution < 1.29 is 22.7 Å². The molecule has 0 radical (unpaired) electrons. The molecule has 8 heteroatoms. The lowest BCUT2D eigenvalue weighted by Gasteiger charge is -2.39. The Morgan fingerprint density at radius 3 is 2.44 bits per heavy atom. The highest BCUT2D eigenvalue weighted by Gasteiger charge is 2.45. The Hall–Kier alpha value is -2.58. The summed E-state index contributed by atoms with van der Waals surface area (Å²) in [6.07, 6.45) is 3.63. The minimum absolute atomic E-state index is 0.0582. The van der Waals surface area contributed by atoms with Crippen LogP contribution in [-0.2, 0) is 14.8 Å². The Morgan fingerprint density at radius 1 is 1.03 bits per heavy atom. The molecule has 0 saturated carbocycles. The van der Waals surface area contributed by atoms with Crippen LogP contribution in [0.3, 0.4) is 0 Å². The number of sulfonamides is 1. The Morgan fingerprint density at radius 2 is 1.74 bits per heavy atom. The van der Waals surface area contributed by atoms with Crippen LogP contribution in [-0.4, -0.2) is 63.4 Å². The van der Waals surface area contributed by atoms with E-state index in [1.54, 1.807) is 16.4 Å². The van der Waals surface area contributed by atoms with Gasteiger partial charge in [0.25, 0.3) is 0 Å². The molecule has 34 heavy (non-hydrogen) atoms. The molecule has 0 bridgehead atoms. The molecule has 1 spiro atoms. The Kier molecular flexibility index (Phi) is 7.48. The SMILES string of the molecule is COc1ccc(C)cc1S(=O)(=O)N1CCC2(CCN(C(=O)CCCOc3ccccc3)CC2)C1. The number of carbonyl (C=O) groups is 1. The Labute approximate surface area is 202 Å². The van der Waals surface area contributed by atoms with Gasteiger partial charge in [-0.05, 0) is 67.9 Å². The quantitative estimate of drug-likeness (QED) is 0.530. The van der Waals surface area contributed by atoms with Crippen molar-refractivity contribution in [1.29, 1.82) is 0 Å². The van der Waals surface area contributed by atoms with Crippen molar-refractivity contribution in [2.75, 3.05) is 39.9 Å². The zero-order valence-corrected chi connectivity index (χ0v) is 20.9. The minimum Gasteiger partial charge on any atom is -0.495 e. The number of hydrogen-bond donors (Lipinski definition) is 0. The van der Waals surface area contributed by atoms with Crippen LogP contribution in [0.15, 0.2) is 53.4 Å². The lowest BCUT2D eigenvalue weighted by molar-refractivity contribution is -0.133. The molecule has 2 aliphatic rings. The maximum Gasteiger partial charge on any atom is 0.246 e. The first-order chi connectivity index (χ1) is 16.3. The van der Waals surface area contributed by atoms with Gasteiger partial charge in [-0.25, -0.2) is 8.42 Å². The molecule has 0 unspecified atom stereocenters. The molecular formula is C26H34N2O5S. The molecule has 1 amide bonds. The van der Waals surface area contributed by atoms with Gasteiger partial charge >= 0.3 is 0 Å². The third-order valence-electron chi connectivity index (χ3n) is 7.06. The summed E-state index contributed by atoms with van der Waals surface area (Å²) in [4.78, 5) is 14.8. The predicted molar refractivity (Wildman–Crippen MR) is 131 cm³/mol. The minimum atomic E-state index is -3.63. The molecular weight excluding hydrogens is 452 g/mol. The summed E-state index contributed by atoms with van der Waals surface area (Å²) >= 11 is 0. The van der Waals surface area contributed by atoms with E-state index in [1.165, 1.54) is 7.11 Å². The number of carbonyl (C=O) groups excluding carboxylic acids is 1. The van der Waals surface area contributed by atoms with E-state index in [9.17, 15) is 13.2 Å². The topological polar surface area (TPSA) is 76.2 Å². The number of aryl methyl sites for hydroxylation is 1. The monoisotopic (exact) mass is 486 g/mol. The van der Waals surface area contributed by atoms with Crippen LogP contribution in [0.1, 0.15) is 37.7 Å². The zero-order chi connectivity index (χ0) is 24.2. The van der Waals surface area contributed by atoms with Crippen LogP contribution in [0.5, 0.6) is 11.5 Å². The Balaban J connectivity index is 1.28. The highest BCUT2D eigenvalue weighted by Crippen LogP contribution is 2.43. The number of piperidine rings is 1. The number of methoxy groups -OCH3 is 1. The highest BCUT2D eigenvalue weighted by atomic mass is 32.2. The molecule has 2 aromatic carbocycles. The van der Waals surface area contributed by atoms with E-state index in [1.807, 2.05) is 48.2 Å². The molecule has 0 aliphatic carbocycles. The molecule has 2 fully saturated rings. The van der Waals surface area contributed by atoms with Gasteiger partial charge in [0.1, 0.15) is 16.4 Å². The fourth-order valence-corrected chi connectivity index (χ4v) is 6.74. The van der Waals surface area contributed by atoms with Gasteiger partial charge in [-0.1, -0.05) is 24.3 Å². The van der Waals surface area contributed by atoms with Gasteiger partial charge in [0.05, 0.1) is 13.7 Å². The van der Waals surface area contributed by atoms with E-state index in [0.29, 0.717) is 51.4 Å².